The van der Waals surface area contributed by atoms with Gasteiger partial charge in [-0.15, -0.1) is 0 Å². The number of carbonyl (C=O) groups excluding carboxylic acids is 1. The van der Waals surface area contributed by atoms with Crippen LogP contribution in [-0.2, 0) is 19.5 Å². The minimum absolute atomic E-state index is 0.00442. The molecular weight excluding hydrogens is 358 g/mol. The van der Waals surface area contributed by atoms with Crippen LogP contribution in [0.25, 0.3) is 0 Å². The lowest BCUT2D eigenvalue weighted by atomic mass is 10.00. The summed E-state index contributed by atoms with van der Waals surface area (Å²) in [4.78, 5) is 21.8. The normalized spacial score (nSPS) is 13.3. The number of carbonyl (C=O) groups is 1. The standard InChI is InChI=1S/C25H27N3O/c1-19(2)28(17-20-8-4-3-5-9-20)23-12-14-26-24(16-23)25(29)27-15-13-21-10-6-7-11-22(21)18-27/h3-12,14,16,19H,13,15,17-18H2,1-2H3. The van der Waals surface area contributed by atoms with Gasteiger partial charge in [0.1, 0.15) is 5.69 Å². The fourth-order valence-electron chi connectivity index (χ4n) is 3.90. The van der Waals surface area contributed by atoms with Gasteiger partial charge in [-0.25, -0.2) is 0 Å². The van der Waals surface area contributed by atoms with E-state index in [0.717, 1.165) is 25.2 Å². The van der Waals surface area contributed by atoms with Crippen LogP contribution in [0.3, 0.4) is 0 Å². The van der Waals surface area contributed by atoms with E-state index in [0.29, 0.717) is 18.3 Å². The molecule has 29 heavy (non-hydrogen) atoms. The largest absolute Gasteiger partial charge is 0.365 e. The van der Waals surface area contributed by atoms with E-state index in [4.69, 9.17) is 0 Å². The zero-order valence-electron chi connectivity index (χ0n) is 17.1. The molecule has 0 fully saturated rings. The van der Waals surface area contributed by atoms with Gasteiger partial charge in [-0.2, -0.15) is 0 Å². The smallest absolute Gasteiger partial charge is 0.272 e. The Kier molecular flexibility index (Phi) is 5.61. The fourth-order valence-corrected chi connectivity index (χ4v) is 3.90. The van der Waals surface area contributed by atoms with Crippen LogP contribution in [-0.4, -0.2) is 28.4 Å². The number of amides is 1. The molecule has 4 heteroatoms. The number of benzene rings is 2. The number of rotatable bonds is 5. The number of hydrogen-bond acceptors (Lipinski definition) is 3. The summed E-state index contributed by atoms with van der Waals surface area (Å²) in [5.74, 6) is 0.00442. The third-order valence-electron chi connectivity index (χ3n) is 5.53. The van der Waals surface area contributed by atoms with Crippen LogP contribution < -0.4 is 4.90 Å². The summed E-state index contributed by atoms with van der Waals surface area (Å²) in [5, 5.41) is 0. The maximum atomic E-state index is 13.2. The first-order valence-electron chi connectivity index (χ1n) is 10.2. The Morgan fingerprint density at radius 3 is 2.52 bits per heavy atom. The highest BCUT2D eigenvalue weighted by molar-refractivity contribution is 5.93. The van der Waals surface area contributed by atoms with Crippen molar-refractivity contribution in [3.63, 3.8) is 0 Å². The molecule has 4 rings (SSSR count). The molecule has 4 nitrogen and oxygen atoms in total. The maximum Gasteiger partial charge on any atom is 0.272 e. The molecule has 0 spiro atoms. The van der Waals surface area contributed by atoms with Crippen molar-refractivity contribution in [2.75, 3.05) is 11.4 Å². The summed E-state index contributed by atoms with van der Waals surface area (Å²) in [7, 11) is 0. The van der Waals surface area contributed by atoms with Gasteiger partial charge in [-0.05, 0) is 49.1 Å². The first-order valence-corrected chi connectivity index (χ1v) is 10.2. The molecule has 1 aliphatic rings. The number of fused-ring (bicyclic) bond motifs is 1. The lowest BCUT2D eigenvalue weighted by molar-refractivity contribution is 0.0729. The molecule has 0 atom stereocenters. The molecule has 3 aromatic rings. The van der Waals surface area contributed by atoms with Crippen molar-refractivity contribution in [1.29, 1.82) is 0 Å². The van der Waals surface area contributed by atoms with Gasteiger partial charge < -0.3 is 9.80 Å². The van der Waals surface area contributed by atoms with Crippen LogP contribution in [0.5, 0.6) is 0 Å². The van der Waals surface area contributed by atoms with Crippen LogP contribution in [0.2, 0.25) is 0 Å². The molecule has 0 aliphatic carbocycles. The average Bonchev–Trinajstić information content (AvgIpc) is 2.77. The third-order valence-corrected chi connectivity index (χ3v) is 5.53. The predicted octanol–water partition coefficient (Wildman–Crippen LogP) is 4.70. The van der Waals surface area contributed by atoms with Crippen molar-refractivity contribution in [1.82, 2.24) is 9.88 Å². The lowest BCUT2D eigenvalue weighted by Gasteiger charge is -2.31. The van der Waals surface area contributed by atoms with E-state index in [2.05, 4.69) is 66.2 Å². The quantitative estimate of drug-likeness (QED) is 0.639. The molecule has 0 saturated heterocycles. The summed E-state index contributed by atoms with van der Waals surface area (Å²) in [6.07, 6.45) is 2.65. The molecule has 0 bridgehead atoms. The Bertz CT molecular complexity index is 984. The molecule has 2 aromatic carbocycles. The van der Waals surface area contributed by atoms with Gasteiger partial charge in [0, 0.05) is 37.6 Å². The minimum atomic E-state index is 0.00442. The highest BCUT2D eigenvalue weighted by Crippen LogP contribution is 2.23. The van der Waals surface area contributed by atoms with Crippen LogP contribution in [0, 0.1) is 0 Å². The number of aromatic nitrogens is 1. The molecule has 0 unspecified atom stereocenters. The second-order valence-electron chi connectivity index (χ2n) is 7.85. The van der Waals surface area contributed by atoms with Crippen LogP contribution in [0.1, 0.15) is 41.0 Å². The van der Waals surface area contributed by atoms with E-state index in [1.165, 1.54) is 16.7 Å². The second-order valence-corrected chi connectivity index (χ2v) is 7.85. The van der Waals surface area contributed by atoms with E-state index < -0.39 is 0 Å². The third kappa shape index (κ3) is 4.32. The maximum absolute atomic E-state index is 13.2. The number of pyridine rings is 1. The Hall–Kier alpha value is -3.14. The SMILES string of the molecule is CC(C)N(Cc1ccccc1)c1ccnc(C(=O)N2CCc3ccccc3C2)c1. The van der Waals surface area contributed by atoms with Crippen molar-refractivity contribution < 1.29 is 4.79 Å². The van der Waals surface area contributed by atoms with Gasteiger partial charge in [-0.1, -0.05) is 54.6 Å². The molecule has 0 radical (unpaired) electrons. The lowest BCUT2D eigenvalue weighted by Crippen LogP contribution is -2.36. The topological polar surface area (TPSA) is 36.4 Å². The van der Waals surface area contributed by atoms with Gasteiger partial charge in [0.2, 0.25) is 0 Å². The Morgan fingerprint density at radius 1 is 1.03 bits per heavy atom. The van der Waals surface area contributed by atoms with E-state index >= 15 is 0 Å². The van der Waals surface area contributed by atoms with Crippen LogP contribution in [0.4, 0.5) is 5.69 Å². The summed E-state index contributed by atoms with van der Waals surface area (Å²) in [5.41, 5.74) is 5.36. The van der Waals surface area contributed by atoms with Crippen LogP contribution in [0.15, 0.2) is 72.9 Å². The fraction of sp³-hybridized carbons (Fsp3) is 0.280. The number of nitrogens with zero attached hydrogens (tertiary/aromatic N) is 3. The van der Waals surface area contributed by atoms with E-state index in [1.807, 2.05) is 29.2 Å². The van der Waals surface area contributed by atoms with Crippen molar-refractivity contribution in [2.24, 2.45) is 0 Å². The Balaban J connectivity index is 1.55. The molecule has 0 saturated carbocycles. The summed E-state index contributed by atoms with van der Waals surface area (Å²) in [6, 6.07) is 23.0. The summed E-state index contributed by atoms with van der Waals surface area (Å²) >= 11 is 0. The molecule has 1 amide bonds. The van der Waals surface area contributed by atoms with Gasteiger partial charge in [0.25, 0.3) is 5.91 Å². The van der Waals surface area contributed by atoms with E-state index in [-0.39, 0.29) is 5.91 Å². The first kappa shape index (κ1) is 19.2. The molecule has 0 N–H and O–H groups in total. The summed E-state index contributed by atoms with van der Waals surface area (Å²) < 4.78 is 0. The average molecular weight is 386 g/mol. The van der Waals surface area contributed by atoms with Gasteiger partial charge in [0.05, 0.1) is 0 Å². The minimum Gasteiger partial charge on any atom is -0.365 e. The van der Waals surface area contributed by atoms with Crippen molar-refractivity contribution in [2.45, 2.75) is 39.4 Å². The van der Waals surface area contributed by atoms with Gasteiger partial charge >= 0.3 is 0 Å². The molecule has 2 heterocycles. The van der Waals surface area contributed by atoms with Gasteiger partial charge in [0.15, 0.2) is 0 Å². The highest BCUT2D eigenvalue weighted by atomic mass is 16.2. The van der Waals surface area contributed by atoms with Gasteiger partial charge in [-0.3, -0.25) is 9.78 Å². The Morgan fingerprint density at radius 2 is 1.76 bits per heavy atom. The zero-order valence-corrected chi connectivity index (χ0v) is 17.1. The molecule has 1 aliphatic heterocycles. The zero-order chi connectivity index (χ0) is 20.2. The van der Waals surface area contributed by atoms with Crippen molar-refractivity contribution in [3.8, 4) is 0 Å². The van der Waals surface area contributed by atoms with Crippen LogP contribution >= 0.6 is 0 Å². The predicted molar refractivity (Wildman–Crippen MR) is 117 cm³/mol. The number of anilines is 1. The Labute approximate surface area is 172 Å². The van der Waals surface area contributed by atoms with Crippen molar-refractivity contribution >= 4 is 11.6 Å². The highest BCUT2D eigenvalue weighted by Gasteiger charge is 2.23. The second kappa shape index (κ2) is 8.48. The molecular formula is C25H27N3O. The first-order chi connectivity index (χ1) is 14.1. The summed E-state index contributed by atoms with van der Waals surface area (Å²) in [6.45, 7) is 6.53. The van der Waals surface area contributed by atoms with E-state index in [1.54, 1.807) is 6.20 Å². The monoisotopic (exact) mass is 385 g/mol. The number of hydrogen-bond donors (Lipinski definition) is 0. The molecule has 148 valence electrons. The van der Waals surface area contributed by atoms with E-state index in [9.17, 15) is 4.79 Å². The van der Waals surface area contributed by atoms with Crippen molar-refractivity contribution in [3.05, 3.63) is 95.3 Å². The molecule has 1 aromatic heterocycles.